The highest BCUT2D eigenvalue weighted by molar-refractivity contribution is 5.71. The van der Waals surface area contributed by atoms with Crippen LogP contribution in [0, 0.1) is 0 Å². The van der Waals surface area contributed by atoms with Crippen molar-refractivity contribution >= 4 is 5.97 Å². The monoisotopic (exact) mass is 272 g/mol. The van der Waals surface area contributed by atoms with Gasteiger partial charge in [-0.15, -0.1) is 0 Å². The van der Waals surface area contributed by atoms with Crippen LogP contribution in [0.5, 0.6) is 0 Å². The van der Waals surface area contributed by atoms with Crippen LogP contribution >= 0.6 is 0 Å². The second kappa shape index (κ2) is 7.82. The van der Waals surface area contributed by atoms with Gasteiger partial charge in [0.25, 0.3) is 0 Å². The Labute approximate surface area is 116 Å². The maximum absolute atomic E-state index is 11.9. The number of ether oxygens (including phenoxy) is 2. The Morgan fingerprint density at radius 3 is 2.32 bits per heavy atom. The lowest BCUT2D eigenvalue weighted by molar-refractivity contribution is -0.148. The smallest absolute Gasteiger partial charge is 0.307 e. The topological polar surface area (TPSA) is 42.0 Å². The van der Waals surface area contributed by atoms with Gasteiger partial charge in [0.1, 0.15) is 0 Å². The maximum Gasteiger partial charge on any atom is 0.307 e. The molecule has 5 heteroatoms. The van der Waals surface area contributed by atoms with Crippen molar-refractivity contribution in [3.8, 4) is 0 Å². The van der Waals surface area contributed by atoms with Crippen LogP contribution in [0.15, 0.2) is 0 Å². The molecule has 0 spiro atoms. The van der Waals surface area contributed by atoms with Gasteiger partial charge in [0, 0.05) is 33.3 Å². The van der Waals surface area contributed by atoms with Crippen molar-refractivity contribution in [2.45, 2.75) is 32.2 Å². The molecule has 0 amide bonds. The summed E-state index contributed by atoms with van der Waals surface area (Å²) in [5.74, 6) is -0.125. The zero-order chi connectivity index (χ0) is 14.3. The van der Waals surface area contributed by atoms with Crippen molar-refractivity contribution in [3.63, 3.8) is 0 Å². The lowest BCUT2D eigenvalue weighted by Crippen LogP contribution is -2.59. The van der Waals surface area contributed by atoms with Gasteiger partial charge < -0.3 is 14.4 Å². The zero-order valence-corrected chi connectivity index (χ0v) is 12.8. The molecule has 1 atom stereocenters. The van der Waals surface area contributed by atoms with E-state index in [1.165, 1.54) is 0 Å². The first-order valence-corrected chi connectivity index (χ1v) is 7.16. The van der Waals surface area contributed by atoms with Crippen molar-refractivity contribution in [1.82, 2.24) is 9.80 Å². The Hall–Kier alpha value is -0.650. The Morgan fingerprint density at radius 1 is 1.21 bits per heavy atom. The molecule has 1 heterocycles. The Kier molecular flexibility index (Phi) is 6.75. The summed E-state index contributed by atoms with van der Waals surface area (Å²) in [5.41, 5.74) is -0.220. The first kappa shape index (κ1) is 16.4. The molecule has 0 aromatic carbocycles. The molecule has 1 rings (SSSR count). The van der Waals surface area contributed by atoms with Gasteiger partial charge in [0.2, 0.25) is 0 Å². The molecule has 19 heavy (non-hydrogen) atoms. The van der Waals surface area contributed by atoms with E-state index in [-0.39, 0.29) is 11.5 Å². The van der Waals surface area contributed by atoms with Gasteiger partial charge in [-0.25, -0.2) is 0 Å². The van der Waals surface area contributed by atoms with E-state index in [9.17, 15) is 4.79 Å². The fourth-order valence-corrected chi connectivity index (χ4v) is 2.73. The summed E-state index contributed by atoms with van der Waals surface area (Å²) in [5, 5.41) is 0. The van der Waals surface area contributed by atoms with E-state index in [0.29, 0.717) is 19.6 Å². The number of likely N-dealkylation sites (N-methyl/N-ethyl adjacent to an activating group) is 1. The molecule has 5 nitrogen and oxygen atoms in total. The molecule has 1 aliphatic rings. The average molecular weight is 272 g/mol. The van der Waals surface area contributed by atoms with E-state index in [1.54, 1.807) is 7.11 Å². The summed E-state index contributed by atoms with van der Waals surface area (Å²) < 4.78 is 10.5. The van der Waals surface area contributed by atoms with Gasteiger partial charge in [-0.1, -0.05) is 6.92 Å². The predicted molar refractivity (Wildman–Crippen MR) is 75.2 cm³/mol. The fraction of sp³-hybridized carbons (Fsp3) is 0.929. The molecular weight excluding hydrogens is 244 g/mol. The Morgan fingerprint density at radius 2 is 1.84 bits per heavy atom. The number of rotatable bonds is 7. The van der Waals surface area contributed by atoms with E-state index in [1.807, 2.05) is 6.92 Å². The SMILES string of the molecule is CCOC(=O)CC(CC)(COC)N1CCN(C)CC1. The number of piperazine rings is 1. The molecule has 1 aliphatic heterocycles. The molecule has 0 N–H and O–H groups in total. The molecule has 1 unspecified atom stereocenters. The van der Waals surface area contributed by atoms with Gasteiger partial charge in [0.15, 0.2) is 0 Å². The second-order valence-corrected chi connectivity index (χ2v) is 5.28. The van der Waals surface area contributed by atoms with E-state index >= 15 is 0 Å². The number of hydrogen-bond acceptors (Lipinski definition) is 5. The third kappa shape index (κ3) is 4.44. The van der Waals surface area contributed by atoms with Crippen LogP contribution in [0.4, 0.5) is 0 Å². The third-order valence-electron chi connectivity index (χ3n) is 4.02. The first-order chi connectivity index (χ1) is 9.07. The molecule has 0 bridgehead atoms. The third-order valence-corrected chi connectivity index (χ3v) is 4.02. The lowest BCUT2D eigenvalue weighted by atomic mass is 9.89. The van der Waals surface area contributed by atoms with Gasteiger partial charge in [-0.3, -0.25) is 9.69 Å². The summed E-state index contributed by atoms with van der Waals surface area (Å²) in [7, 11) is 3.83. The molecule has 1 fully saturated rings. The summed E-state index contributed by atoms with van der Waals surface area (Å²) >= 11 is 0. The van der Waals surface area contributed by atoms with Crippen LogP contribution in [0.25, 0.3) is 0 Å². The summed E-state index contributed by atoms with van der Waals surface area (Å²) in [6.45, 7) is 9.01. The largest absolute Gasteiger partial charge is 0.466 e. The van der Waals surface area contributed by atoms with Crippen LogP contribution in [0.3, 0.4) is 0 Å². The highest BCUT2D eigenvalue weighted by Crippen LogP contribution is 2.26. The maximum atomic E-state index is 11.9. The second-order valence-electron chi connectivity index (χ2n) is 5.28. The Balaban J connectivity index is 2.75. The predicted octanol–water partition coefficient (Wildman–Crippen LogP) is 0.982. The van der Waals surface area contributed by atoms with E-state index in [0.717, 1.165) is 32.6 Å². The first-order valence-electron chi connectivity index (χ1n) is 7.16. The van der Waals surface area contributed by atoms with Crippen LogP contribution in [-0.4, -0.2) is 74.9 Å². The van der Waals surface area contributed by atoms with Crippen LogP contribution in [0.1, 0.15) is 26.7 Å². The number of esters is 1. The molecule has 0 aromatic heterocycles. The minimum absolute atomic E-state index is 0.125. The van der Waals surface area contributed by atoms with Crippen LogP contribution in [0.2, 0.25) is 0 Å². The minimum atomic E-state index is -0.220. The highest BCUT2D eigenvalue weighted by atomic mass is 16.5. The number of carbonyl (C=O) groups is 1. The number of carbonyl (C=O) groups excluding carboxylic acids is 1. The average Bonchev–Trinajstić information content (AvgIpc) is 2.39. The van der Waals surface area contributed by atoms with Crippen molar-refractivity contribution in [2.24, 2.45) is 0 Å². The molecule has 0 aliphatic carbocycles. The number of hydrogen-bond donors (Lipinski definition) is 0. The molecule has 0 radical (unpaired) electrons. The van der Waals surface area contributed by atoms with Crippen LogP contribution in [-0.2, 0) is 14.3 Å². The molecular formula is C14H28N2O3. The minimum Gasteiger partial charge on any atom is -0.466 e. The van der Waals surface area contributed by atoms with E-state index < -0.39 is 0 Å². The van der Waals surface area contributed by atoms with Crippen LogP contribution < -0.4 is 0 Å². The standard InChI is InChI=1S/C14H28N2O3/c1-5-14(12-18-4,11-13(17)19-6-2)16-9-7-15(3)8-10-16/h5-12H2,1-4H3. The van der Waals surface area contributed by atoms with Crippen molar-refractivity contribution in [2.75, 3.05) is 53.6 Å². The fourth-order valence-electron chi connectivity index (χ4n) is 2.73. The molecule has 112 valence electrons. The normalized spacial score (nSPS) is 21.1. The molecule has 1 saturated heterocycles. The van der Waals surface area contributed by atoms with Gasteiger partial charge in [-0.05, 0) is 20.4 Å². The van der Waals surface area contributed by atoms with Crippen molar-refractivity contribution < 1.29 is 14.3 Å². The summed E-state index contributed by atoms with van der Waals surface area (Å²) in [6, 6.07) is 0. The number of nitrogens with zero attached hydrogens (tertiary/aromatic N) is 2. The van der Waals surface area contributed by atoms with Gasteiger partial charge >= 0.3 is 5.97 Å². The van der Waals surface area contributed by atoms with Gasteiger partial charge in [0.05, 0.1) is 25.2 Å². The molecule has 0 aromatic rings. The summed E-state index contributed by atoms with van der Waals surface area (Å²) in [6.07, 6.45) is 1.30. The number of methoxy groups -OCH3 is 1. The van der Waals surface area contributed by atoms with Crippen molar-refractivity contribution in [1.29, 1.82) is 0 Å². The molecule has 0 saturated carbocycles. The highest BCUT2D eigenvalue weighted by Gasteiger charge is 2.39. The van der Waals surface area contributed by atoms with Crippen molar-refractivity contribution in [3.05, 3.63) is 0 Å². The quantitative estimate of drug-likeness (QED) is 0.646. The summed E-state index contributed by atoms with van der Waals surface area (Å²) in [4.78, 5) is 16.6. The zero-order valence-electron chi connectivity index (χ0n) is 12.8. The van der Waals surface area contributed by atoms with E-state index in [2.05, 4.69) is 23.8 Å². The van der Waals surface area contributed by atoms with E-state index in [4.69, 9.17) is 9.47 Å². The Bertz CT molecular complexity index is 278. The van der Waals surface area contributed by atoms with Gasteiger partial charge in [-0.2, -0.15) is 0 Å². The lowest BCUT2D eigenvalue weighted by Gasteiger charge is -2.46.